The summed E-state index contributed by atoms with van der Waals surface area (Å²) in [6.07, 6.45) is 4.06. The molecule has 1 nitrogen and oxygen atoms in total. The molecule has 13 heavy (non-hydrogen) atoms. The standard InChI is InChI=1S/C7H16.C4H9N.Ta/c1-4-7(5-2)6-3;1-4(2,3)5;/h7H,4-6H2,1-3H3;1-3H3;. The van der Waals surface area contributed by atoms with Gasteiger partial charge in [-0.25, -0.2) is 0 Å². The number of hydrogen-bond acceptors (Lipinski definition) is 1. The Morgan fingerprint density at radius 1 is 1.00 bits per heavy atom. The van der Waals surface area contributed by atoms with Crippen molar-refractivity contribution in [3.8, 4) is 0 Å². The minimum Gasteiger partial charge on any atom is -0.0651 e. The molecule has 0 bridgehead atoms. The predicted molar refractivity (Wildman–Crippen MR) is 56.5 cm³/mol. The molecule has 0 aliphatic heterocycles. The van der Waals surface area contributed by atoms with Crippen LogP contribution in [0.2, 0.25) is 0 Å². The Kier molecular flexibility index (Phi) is 11.2. The summed E-state index contributed by atoms with van der Waals surface area (Å²) >= 11 is 1.15. The molecular formula is C11H25NTa. The second-order valence-electron chi connectivity index (χ2n) is 4.36. The molecule has 0 unspecified atom stereocenters. The summed E-state index contributed by atoms with van der Waals surface area (Å²) < 4.78 is 4.13. The molecule has 2 heteroatoms. The molecule has 79 valence electrons. The van der Waals surface area contributed by atoms with E-state index >= 15 is 0 Å². The maximum Gasteiger partial charge on any atom is -0.0422 e. The quantitative estimate of drug-likeness (QED) is 0.716. The number of nitrogens with zero attached hydrogens (tertiary/aromatic N) is 1. The van der Waals surface area contributed by atoms with Crippen LogP contribution in [0.5, 0.6) is 0 Å². The second-order valence-corrected chi connectivity index (χ2v) is 5.08. The zero-order valence-electron chi connectivity index (χ0n) is 10.1. The van der Waals surface area contributed by atoms with Crippen LogP contribution in [0.4, 0.5) is 0 Å². The summed E-state index contributed by atoms with van der Waals surface area (Å²) in [6.45, 7) is 13.1. The normalized spacial score (nSPS) is 10.6. The van der Waals surface area contributed by atoms with Gasteiger partial charge >= 0.3 is 50.5 Å². The van der Waals surface area contributed by atoms with Crippen LogP contribution < -0.4 is 0 Å². The van der Waals surface area contributed by atoms with Crippen LogP contribution in [0.3, 0.4) is 0 Å². The first kappa shape index (κ1) is 16.0. The van der Waals surface area contributed by atoms with Crippen molar-refractivity contribution in [3.05, 3.63) is 0 Å². The van der Waals surface area contributed by atoms with Gasteiger partial charge in [-0.3, -0.25) is 0 Å². The van der Waals surface area contributed by atoms with E-state index in [4.69, 9.17) is 0 Å². The van der Waals surface area contributed by atoms with E-state index in [0.717, 1.165) is 26.8 Å². The van der Waals surface area contributed by atoms with Gasteiger partial charge in [0.05, 0.1) is 0 Å². The largest absolute Gasteiger partial charge is 0.0651 e. The fraction of sp³-hybridized carbons (Fsp3) is 1.00. The minimum atomic E-state index is 0.216. The van der Waals surface area contributed by atoms with Gasteiger partial charge in [0.25, 0.3) is 0 Å². The Morgan fingerprint density at radius 3 is 1.23 bits per heavy atom. The van der Waals surface area contributed by atoms with Crippen molar-refractivity contribution in [1.29, 1.82) is 0 Å². The van der Waals surface area contributed by atoms with Crippen LogP contribution in [0.1, 0.15) is 60.8 Å². The molecule has 0 saturated carbocycles. The SMILES string of the molecule is CC(C)(C)[N]=[Ta].CCC(CC)CC. The Hall–Kier alpha value is 0.540. The van der Waals surface area contributed by atoms with E-state index in [0.29, 0.717) is 0 Å². The molecule has 0 N–H and O–H groups in total. The Bertz CT molecular complexity index is 106. The predicted octanol–water partition coefficient (Wildman–Crippen LogP) is 4.35. The molecule has 0 spiro atoms. The molecule has 0 aliphatic rings. The van der Waals surface area contributed by atoms with E-state index in [1.165, 1.54) is 19.3 Å². The van der Waals surface area contributed by atoms with Gasteiger partial charge in [0.2, 0.25) is 0 Å². The average Bonchev–Trinajstić information content (AvgIpc) is 2.07. The average molecular weight is 352 g/mol. The summed E-state index contributed by atoms with van der Waals surface area (Å²) in [5.41, 5.74) is 0.216. The molecule has 0 aliphatic carbocycles. The second kappa shape index (κ2) is 9.11. The van der Waals surface area contributed by atoms with Gasteiger partial charge in [-0.2, -0.15) is 0 Å². The van der Waals surface area contributed by atoms with Crippen molar-refractivity contribution in [2.45, 2.75) is 66.3 Å². The summed E-state index contributed by atoms with van der Waals surface area (Å²) in [7, 11) is 0. The van der Waals surface area contributed by atoms with Gasteiger partial charge in [0.15, 0.2) is 0 Å². The minimum absolute atomic E-state index is 0.216. The molecule has 0 saturated heterocycles. The van der Waals surface area contributed by atoms with E-state index in [9.17, 15) is 0 Å². The van der Waals surface area contributed by atoms with Gasteiger partial charge in [-0.1, -0.05) is 40.0 Å². The van der Waals surface area contributed by atoms with Gasteiger partial charge in [0.1, 0.15) is 0 Å². The van der Waals surface area contributed by atoms with Crippen molar-refractivity contribution in [2.75, 3.05) is 0 Å². The Labute approximate surface area is 96.5 Å². The van der Waals surface area contributed by atoms with E-state index in [2.05, 4.69) is 44.9 Å². The van der Waals surface area contributed by atoms with E-state index in [1.807, 2.05) is 0 Å². The fourth-order valence-corrected chi connectivity index (χ4v) is 0.866. The van der Waals surface area contributed by atoms with Crippen molar-refractivity contribution in [2.24, 2.45) is 9.26 Å². The summed E-state index contributed by atoms with van der Waals surface area (Å²) in [6, 6.07) is 0. The molecule has 0 aromatic rings. The Morgan fingerprint density at radius 2 is 1.23 bits per heavy atom. The van der Waals surface area contributed by atoms with Gasteiger partial charge in [0, 0.05) is 0 Å². The van der Waals surface area contributed by atoms with Crippen molar-refractivity contribution in [1.82, 2.24) is 0 Å². The van der Waals surface area contributed by atoms with Gasteiger partial charge in [-0.05, 0) is 5.92 Å². The monoisotopic (exact) mass is 352 g/mol. The zero-order valence-corrected chi connectivity index (χ0v) is 13.3. The van der Waals surface area contributed by atoms with Crippen molar-refractivity contribution in [3.63, 3.8) is 0 Å². The fourth-order valence-electron chi connectivity index (χ4n) is 0.866. The topological polar surface area (TPSA) is 12.4 Å². The molecule has 0 aromatic carbocycles. The zero-order chi connectivity index (χ0) is 10.9. The maximum absolute atomic E-state index is 4.13. The van der Waals surface area contributed by atoms with Crippen molar-refractivity contribution < 1.29 is 20.9 Å². The first-order valence-corrected chi connectivity index (χ1v) is 6.71. The Balaban J connectivity index is 0. The maximum atomic E-state index is 4.13. The first-order chi connectivity index (χ1) is 5.91. The van der Waals surface area contributed by atoms with Crippen LogP contribution in [-0.2, 0) is 20.9 Å². The van der Waals surface area contributed by atoms with E-state index in [-0.39, 0.29) is 5.54 Å². The molecule has 0 rings (SSSR count). The molecule has 0 amide bonds. The third kappa shape index (κ3) is 15.3. The molecular weight excluding hydrogens is 327 g/mol. The summed E-state index contributed by atoms with van der Waals surface area (Å²) in [4.78, 5) is 0. The number of hydrogen-bond donors (Lipinski definition) is 0. The third-order valence-corrected chi connectivity index (χ3v) is 4.19. The van der Waals surface area contributed by atoms with E-state index < -0.39 is 0 Å². The number of rotatable bonds is 3. The van der Waals surface area contributed by atoms with E-state index in [1.54, 1.807) is 0 Å². The van der Waals surface area contributed by atoms with Crippen LogP contribution in [0.15, 0.2) is 3.34 Å². The molecule has 0 aromatic heterocycles. The first-order valence-electron chi connectivity index (χ1n) is 5.27. The van der Waals surface area contributed by atoms with Crippen LogP contribution in [0.25, 0.3) is 0 Å². The van der Waals surface area contributed by atoms with Gasteiger partial charge < -0.3 is 0 Å². The van der Waals surface area contributed by atoms with Crippen LogP contribution in [0, 0.1) is 5.92 Å². The third-order valence-electron chi connectivity index (χ3n) is 2.03. The smallest absolute Gasteiger partial charge is 0.0422 e. The van der Waals surface area contributed by atoms with Crippen molar-refractivity contribution >= 4 is 0 Å². The molecule has 0 fully saturated rings. The van der Waals surface area contributed by atoms with Crippen LogP contribution in [-0.4, -0.2) is 5.54 Å². The molecule has 0 atom stereocenters. The van der Waals surface area contributed by atoms with Gasteiger partial charge in [-0.15, -0.1) is 0 Å². The molecule has 0 radical (unpaired) electrons. The molecule has 0 heterocycles. The van der Waals surface area contributed by atoms with Crippen LogP contribution >= 0.6 is 0 Å². The summed E-state index contributed by atoms with van der Waals surface area (Å²) in [5, 5.41) is 0. The summed E-state index contributed by atoms with van der Waals surface area (Å²) in [5.74, 6) is 0.986.